The summed E-state index contributed by atoms with van der Waals surface area (Å²) >= 11 is 0. The summed E-state index contributed by atoms with van der Waals surface area (Å²) in [6.07, 6.45) is 0. The molecular formula is C11H12N6O3. The lowest BCUT2D eigenvalue weighted by atomic mass is 10.2. The number of anilines is 1. The fourth-order valence-corrected chi connectivity index (χ4v) is 1.28. The maximum Gasteiger partial charge on any atom is 0.294 e. The molecule has 0 aromatic heterocycles. The van der Waals surface area contributed by atoms with Gasteiger partial charge in [0.25, 0.3) is 5.69 Å². The van der Waals surface area contributed by atoms with E-state index in [0.717, 1.165) is 0 Å². The topological polar surface area (TPSA) is 150 Å². The highest BCUT2D eigenvalue weighted by molar-refractivity contribution is 6.45. The Morgan fingerprint density at radius 3 is 2.90 bits per heavy atom. The lowest BCUT2D eigenvalue weighted by Crippen LogP contribution is -2.22. The molecular weight excluding hydrogens is 264 g/mol. The largest absolute Gasteiger partial charge is 0.494 e. The SMILES string of the molecule is CCOc1ccc([N+](=O)[O-])c(N/N=C(\C#N)C(=N)N)c1. The Morgan fingerprint density at radius 2 is 2.40 bits per heavy atom. The molecule has 0 radical (unpaired) electrons. The first kappa shape index (κ1) is 14.9. The van der Waals surface area contributed by atoms with Gasteiger partial charge >= 0.3 is 0 Å². The Labute approximate surface area is 114 Å². The minimum absolute atomic E-state index is 0.0370. The van der Waals surface area contributed by atoms with Gasteiger partial charge in [0.15, 0.2) is 5.84 Å². The van der Waals surface area contributed by atoms with Gasteiger partial charge in [-0.2, -0.15) is 10.4 Å². The molecule has 9 heteroatoms. The van der Waals surface area contributed by atoms with Crippen molar-refractivity contribution < 1.29 is 9.66 Å². The molecule has 4 N–H and O–H groups in total. The van der Waals surface area contributed by atoms with Gasteiger partial charge in [0.2, 0.25) is 5.71 Å². The van der Waals surface area contributed by atoms with Crippen molar-refractivity contribution in [2.75, 3.05) is 12.0 Å². The summed E-state index contributed by atoms with van der Waals surface area (Å²) in [6.45, 7) is 2.17. The van der Waals surface area contributed by atoms with Crippen LogP contribution in [0.2, 0.25) is 0 Å². The monoisotopic (exact) mass is 276 g/mol. The van der Waals surface area contributed by atoms with E-state index in [-0.39, 0.29) is 17.1 Å². The van der Waals surface area contributed by atoms with E-state index < -0.39 is 10.8 Å². The zero-order valence-corrected chi connectivity index (χ0v) is 10.6. The molecule has 0 aliphatic carbocycles. The van der Waals surface area contributed by atoms with Crippen LogP contribution in [0.4, 0.5) is 11.4 Å². The third-order valence-corrected chi connectivity index (χ3v) is 2.12. The molecule has 20 heavy (non-hydrogen) atoms. The Balaban J connectivity index is 3.14. The molecule has 0 fully saturated rings. The van der Waals surface area contributed by atoms with Gasteiger partial charge in [0.05, 0.1) is 11.5 Å². The van der Waals surface area contributed by atoms with Crippen molar-refractivity contribution in [2.24, 2.45) is 10.8 Å². The molecule has 0 unspecified atom stereocenters. The third kappa shape index (κ3) is 3.67. The van der Waals surface area contributed by atoms with Gasteiger partial charge in [-0.3, -0.25) is 20.9 Å². The highest BCUT2D eigenvalue weighted by atomic mass is 16.6. The van der Waals surface area contributed by atoms with E-state index in [4.69, 9.17) is 21.1 Å². The Kier molecular flexibility index (Phi) is 4.99. The highest BCUT2D eigenvalue weighted by Gasteiger charge is 2.15. The minimum Gasteiger partial charge on any atom is -0.494 e. The lowest BCUT2D eigenvalue weighted by Gasteiger charge is -2.06. The van der Waals surface area contributed by atoms with Crippen molar-refractivity contribution in [3.05, 3.63) is 28.3 Å². The summed E-state index contributed by atoms with van der Waals surface area (Å²) < 4.78 is 5.22. The Hall–Kier alpha value is -3.15. The summed E-state index contributed by atoms with van der Waals surface area (Å²) in [4.78, 5) is 10.3. The standard InChI is InChI=1S/C11H12N6O3/c1-2-20-7-3-4-10(17(18)19)8(5-7)15-16-9(6-12)11(13)14/h3-5,15H,2H2,1H3,(H3,13,14)/b16-9+. The van der Waals surface area contributed by atoms with Crippen LogP contribution in [0.1, 0.15) is 6.92 Å². The second-order valence-corrected chi connectivity index (χ2v) is 3.47. The molecule has 104 valence electrons. The van der Waals surface area contributed by atoms with Crippen molar-refractivity contribution in [3.8, 4) is 11.8 Å². The average molecular weight is 276 g/mol. The van der Waals surface area contributed by atoms with E-state index in [2.05, 4.69) is 10.5 Å². The smallest absolute Gasteiger partial charge is 0.294 e. The molecule has 0 bridgehead atoms. The number of nitrogens with zero attached hydrogens (tertiary/aromatic N) is 3. The van der Waals surface area contributed by atoms with Crippen LogP contribution in [-0.2, 0) is 0 Å². The van der Waals surface area contributed by atoms with E-state index in [0.29, 0.717) is 12.4 Å². The van der Waals surface area contributed by atoms with Crippen LogP contribution in [0.15, 0.2) is 23.3 Å². The quantitative estimate of drug-likeness (QED) is 0.307. The van der Waals surface area contributed by atoms with Crippen molar-refractivity contribution in [1.29, 1.82) is 10.7 Å². The molecule has 0 amide bonds. The first-order valence-corrected chi connectivity index (χ1v) is 5.49. The van der Waals surface area contributed by atoms with Crippen LogP contribution in [0.5, 0.6) is 5.75 Å². The fourth-order valence-electron chi connectivity index (χ4n) is 1.28. The second-order valence-electron chi connectivity index (χ2n) is 3.47. The van der Waals surface area contributed by atoms with Crippen molar-refractivity contribution >= 4 is 22.9 Å². The normalized spacial score (nSPS) is 10.5. The molecule has 0 aliphatic rings. The molecule has 0 atom stereocenters. The van der Waals surface area contributed by atoms with E-state index >= 15 is 0 Å². The summed E-state index contributed by atoms with van der Waals surface area (Å²) in [6, 6.07) is 5.68. The number of benzene rings is 1. The van der Waals surface area contributed by atoms with Gasteiger partial charge < -0.3 is 10.5 Å². The number of hydrazone groups is 1. The predicted molar refractivity (Wildman–Crippen MR) is 72.9 cm³/mol. The average Bonchev–Trinajstić information content (AvgIpc) is 2.39. The molecule has 1 aromatic rings. The summed E-state index contributed by atoms with van der Waals surface area (Å²) in [5, 5.41) is 30.2. The number of rotatable bonds is 6. The second kappa shape index (κ2) is 6.69. The Bertz CT molecular complexity index is 605. The van der Waals surface area contributed by atoms with Crippen LogP contribution in [0.25, 0.3) is 0 Å². The first-order valence-electron chi connectivity index (χ1n) is 5.49. The molecule has 0 saturated carbocycles. The number of hydrogen-bond donors (Lipinski definition) is 3. The number of nitrogens with one attached hydrogen (secondary N) is 2. The zero-order chi connectivity index (χ0) is 15.1. The van der Waals surface area contributed by atoms with E-state index in [1.807, 2.05) is 0 Å². The molecule has 1 aromatic carbocycles. The number of nitro groups is 1. The first-order chi connectivity index (χ1) is 9.49. The number of nitro benzene ring substituents is 1. The van der Waals surface area contributed by atoms with Crippen LogP contribution < -0.4 is 15.9 Å². The summed E-state index contributed by atoms with van der Waals surface area (Å²) in [5.74, 6) is -0.124. The molecule has 0 aliphatic heterocycles. The van der Waals surface area contributed by atoms with Crippen molar-refractivity contribution in [2.45, 2.75) is 6.92 Å². The molecule has 1 rings (SSSR count). The van der Waals surface area contributed by atoms with E-state index in [9.17, 15) is 10.1 Å². The van der Waals surface area contributed by atoms with Crippen LogP contribution in [-0.4, -0.2) is 23.1 Å². The van der Waals surface area contributed by atoms with Gasteiger partial charge in [0.1, 0.15) is 17.5 Å². The predicted octanol–water partition coefficient (Wildman–Crippen LogP) is 1.22. The number of nitrogens with two attached hydrogens (primary N) is 1. The van der Waals surface area contributed by atoms with E-state index in [1.165, 1.54) is 18.2 Å². The van der Waals surface area contributed by atoms with Crippen LogP contribution in [0, 0.1) is 26.9 Å². The fraction of sp³-hybridized carbons (Fsp3) is 0.182. The maximum absolute atomic E-state index is 10.9. The third-order valence-electron chi connectivity index (χ3n) is 2.12. The Morgan fingerprint density at radius 1 is 1.70 bits per heavy atom. The van der Waals surface area contributed by atoms with Gasteiger partial charge in [-0.1, -0.05) is 0 Å². The number of hydrogen-bond acceptors (Lipinski definition) is 7. The van der Waals surface area contributed by atoms with Gasteiger partial charge in [-0.05, 0) is 13.0 Å². The van der Waals surface area contributed by atoms with Crippen molar-refractivity contribution in [1.82, 2.24) is 0 Å². The minimum atomic E-state index is -0.604. The molecule has 9 nitrogen and oxygen atoms in total. The van der Waals surface area contributed by atoms with Crippen molar-refractivity contribution in [3.63, 3.8) is 0 Å². The molecule has 0 spiro atoms. The van der Waals surface area contributed by atoms with Gasteiger partial charge in [-0.15, -0.1) is 0 Å². The van der Waals surface area contributed by atoms with Gasteiger partial charge in [0, 0.05) is 12.1 Å². The zero-order valence-electron chi connectivity index (χ0n) is 10.6. The van der Waals surface area contributed by atoms with E-state index in [1.54, 1.807) is 13.0 Å². The highest BCUT2D eigenvalue weighted by Crippen LogP contribution is 2.28. The number of ether oxygens (including phenoxy) is 1. The summed E-state index contributed by atoms with van der Waals surface area (Å²) in [7, 11) is 0. The van der Waals surface area contributed by atoms with Gasteiger partial charge in [-0.25, -0.2) is 0 Å². The summed E-state index contributed by atoms with van der Waals surface area (Å²) in [5.41, 5.74) is 6.89. The maximum atomic E-state index is 10.9. The van der Waals surface area contributed by atoms with Crippen LogP contribution in [0.3, 0.4) is 0 Å². The molecule has 0 heterocycles. The number of nitriles is 1. The number of amidine groups is 1. The van der Waals surface area contributed by atoms with Crippen LogP contribution >= 0.6 is 0 Å². The lowest BCUT2D eigenvalue weighted by molar-refractivity contribution is -0.384. The molecule has 0 saturated heterocycles.